The number of aromatic nitrogens is 2. The summed E-state index contributed by atoms with van der Waals surface area (Å²) in [6.07, 6.45) is 4.62. The van der Waals surface area contributed by atoms with Gasteiger partial charge >= 0.3 is 11.9 Å². The average molecular weight is 1020 g/mol. The van der Waals surface area contributed by atoms with Crippen LogP contribution in [0.25, 0.3) is 11.1 Å². The van der Waals surface area contributed by atoms with Gasteiger partial charge in [-0.1, -0.05) is 59.6 Å². The van der Waals surface area contributed by atoms with Crippen molar-refractivity contribution in [3.8, 4) is 34.1 Å². The Kier molecular flexibility index (Phi) is 16.5. The molecule has 16 nitrogen and oxygen atoms in total. The molecule has 4 heterocycles. The van der Waals surface area contributed by atoms with Crippen molar-refractivity contribution in [2.24, 2.45) is 9.98 Å². The second kappa shape index (κ2) is 23.1. The van der Waals surface area contributed by atoms with Crippen molar-refractivity contribution in [3.05, 3.63) is 163 Å². The van der Waals surface area contributed by atoms with Crippen LogP contribution in [-0.4, -0.2) is 91.1 Å². The lowest BCUT2D eigenvalue weighted by molar-refractivity contribution is -0.143. The number of aliphatic imine (C=N–C) groups is 2. The molecule has 0 amide bonds. The van der Waals surface area contributed by atoms with Gasteiger partial charge in [-0.25, -0.2) is 0 Å². The minimum Gasteiger partial charge on any atom is -0.488 e. The van der Waals surface area contributed by atoms with Gasteiger partial charge in [-0.3, -0.25) is 40.2 Å². The third-order valence-electron chi connectivity index (χ3n) is 12.4. The van der Waals surface area contributed by atoms with E-state index in [1.165, 1.54) is 13.8 Å². The Morgan fingerprint density at radius 1 is 0.569 bits per heavy atom. The largest absolute Gasteiger partial charge is 0.488 e. The number of hydrogen-bond acceptors (Lipinski definition) is 14. The van der Waals surface area contributed by atoms with E-state index in [0.29, 0.717) is 47.2 Å². The molecule has 2 aliphatic heterocycles. The first kappa shape index (κ1) is 51.4. The van der Waals surface area contributed by atoms with Gasteiger partial charge in [0, 0.05) is 83.4 Å². The summed E-state index contributed by atoms with van der Waals surface area (Å²) in [5, 5.41) is 46.0. The Morgan fingerprint density at radius 3 is 1.32 bits per heavy atom. The number of carbonyl (C=O) groups is 2. The number of ether oxygens (including phenoxy) is 4. The van der Waals surface area contributed by atoms with Gasteiger partial charge in [-0.05, 0) is 85.3 Å². The van der Waals surface area contributed by atoms with Gasteiger partial charge in [0.15, 0.2) is 0 Å². The summed E-state index contributed by atoms with van der Waals surface area (Å²) in [7, 11) is 0. The van der Waals surface area contributed by atoms with Gasteiger partial charge in [-0.2, -0.15) is 0 Å². The maximum atomic E-state index is 11.9. The van der Waals surface area contributed by atoms with Crippen LogP contribution >= 0.6 is 23.2 Å². The molecule has 0 aliphatic carbocycles. The molecule has 0 fully saturated rings. The number of carboxylic acids is 2. The molecule has 0 radical (unpaired) electrons. The zero-order valence-corrected chi connectivity index (χ0v) is 41.5. The number of halogens is 2. The Balaban J connectivity index is 0.989. The zero-order valence-electron chi connectivity index (χ0n) is 40.0. The lowest BCUT2D eigenvalue weighted by Gasteiger charge is -2.20. The maximum Gasteiger partial charge on any atom is 0.323 e. The van der Waals surface area contributed by atoms with Crippen molar-refractivity contribution in [1.29, 1.82) is 0 Å². The molecule has 2 aliphatic rings. The Hall–Kier alpha value is -6.92. The molecule has 72 heavy (non-hydrogen) atoms. The Bertz CT molecular complexity index is 2850. The van der Waals surface area contributed by atoms with Crippen LogP contribution in [0.1, 0.15) is 69.5 Å². The molecule has 18 heteroatoms. The van der Waals surface area contributed by atoms with Gasteiger partial charge < -0.3 is 39.4 Å². The number of rotatable bonds is 25. The van der Waals surface area contributed by atoms with Crippen LogP contribution in [0.4, 0.5) is 0 Å². The van der Waals surface area contributed by atoms with Crippen molar-refractivity contribution in [1.82, 2.24) is 20.6 Å². The first-order valence-corrected chi connectivity index (χ1v) is 24.0. The monoisotopic (exact) mass is 1020 g/mol. The van der Waals surface area contributed by atoms with Crippen LogP contribution < -0.4 is 29.6 Å². The number of benzene rings is 4. The highest BCUT2D eigenvalue weighted by atomic mass is 35.5. The first-order valence-electron chi connectivity index (χ1n) is 23.2. The highest BCUT2D eigenvalue weighted by Gasteiger charge is 2.26. The first-order chi connectivity index (χ1) is 34.6. The van der Waals surface area contributed by atoms with Crippen molar-refractivity contribution in [2.75, 3.05) is 13.1 Å². The summed E-state index contributed by atoms with van der Waals surface area (Å²) in [6, 6.07) is 20.2. The molecule has 2 aromatic heterocycles. The van der Waals surface area contributed by atoms with Crippen molar-refractivity contribution in [3.63, 3.8) is 0 Å². The second-order valence-corrected chi connectivity index (χ2v) is 18.5. The summed E-state index contributed by atoms with van der Waals surface area (Å²) in [5.41, 5.74) is 12.3. The van der Waals surface area contributed by atoms with Gasteiger partial charge in [0.2, 0.25) is 0 Å². The van der Waals surface area contributed by atoms with E-state index in [1.807, 2.05) is 62.4 Å². The summed E-state index contributed by atoms with van der Waals surface area (Å²) >= 11 is 13.7. The van der Waals surface area contributed by atoms with E-state index in [4.69, 9.17) is 42.1 Å². The Morgan fingerprint density at radius 2 is 0.958 bits per heavy atom. The van der Waals surface area contributed by atoms with Crippen LogP contribution in [0.15, 0.2) is 108 Å². The molecule has 0 saturated carbocycles. The van der Waals surface area contributed by atoms with E-state index < -0.39 is 36.2 Å². The molecule has 4 atom stereocenters. The lowest BCUT2D eigenvalue weighted by atomic mass is 9.92. The lowest BCUT2D eigenvalue weighted by Crippen LogP contribution is -2.44. The fourth-order valence-electron chi connectivity index (χ4n) is 8.08. The third-order valence-corrected chi connectivity index (χ3v) is 13.0. The van der Waals surface area contributed by atoms with Crippen LogP contribution in [0, 0.1) is 13.8 Å². The average Bonchev–Trinajstić information content (AvgIpc) is 4.29. The number of nitrogens with zero attached hydrogens (tertiary/aromatic N) is 4. The van der Waals surface area contributed by atoms with E-state index in [-0.39, 0.29) is 49.6 Å². The van der Waals surface area contributed by atoms with Crippen molar-refractivity contribution >= 4 is 46.6 Å². The maximum absolute atomic E-state index is 11.9. The van der Waals surface area contributed by atoms with Gasteiger partial charge in [-0.15, -0.1) is 0 Å². The predicted octanol–water partition coefficient (Wildman–Crippen LogP) is 7.84. The molecule has 374 valence electrons. The molecule has 0 saturated heterocycles. The summed E-state index contributed by atoms with van der Waals surface area (Å²) in [6.45, 7) is 8.95. The minimum absolute atomic E-state index is 0.0380. The third kappa shape index (κ3) is 12.9. The molecule has 6 N–H and O–H groups in total. The second-order valence-electron chi connectivity index (χ2n) is 17.7. The van der Waals surface area contributed by atoms with E-state index in [1.54, 1.807) is 49.1 Å². The quantitative estimate of drug-likeness (QED) is 0.0321. The molecule has 6 aromatic rings. The van der Waals surface area contributed by atoms with Gasteiger partial charge in [0.1, 0.15) is 61.5 Å². The predicted molar refractivity (Wildman–Crippen MR) is 273 cm³/mol. The fraction of sp³-hybridized carbons (Fsp3) is 0.296. The molecule has 4 aromatic carbocycles. The van der Waals surface area contributed by atoms with Crippen LogP contribution in [0.2, 0.25) is 10.0 Å². The normalized spacial score (nSPS) is 14.3. The Labute approximate surface area is 426 Å². The zero-order chi connectivity index (χ0) is 51.1. The fourth-order valence-corrected chi connectivity index (χ4v) is 8.56. The smallest absolute Gasteiger partial charge is 0.323 e. The van der Waals surface area contributed by atoms with Gasteiger partial charge in [0.05, 0.1) is 46.8 Å². The van der Waals surface area contributed by atoms with Crippen molar-refractivity contribution < 1.29 is 49.0 Å². The molecule has 0 spiro atoms. The summed E-state index contributed by atoms with van der Waals surface area (Å²) in [5.74, 6) is -0.852. The number of carboxylic acid groups (broad SMARTS) is 2. The highest BCUT2D eigenvalue weighted by Crippen LogP contribution is 2.38. The number of pyridine rings is 2. The van der Waals surface area contributed by atoms with Crippen LogP contribution in [-0.2, 0) is 49.1 Å². The number of aliphatic hydroxyl groups excluding tert-OH is 2. The van der Waals surface area contributed by atoms with E-state index >= 15 is 0 Å². The van der Waals surface area contributed by atoms with E-state index in [9.17, 15) is 30.0 Å². The number of nitrogens with one attached hydrogen (secondary N) is 2. The van der Waals surface area contributed by atoms with E-state index in [2.05, 4.69) is 30.6 Å². The number of aliphatic hydroxyl groups is 2. The van der Waals surface area contributed by atoms with Crippen LogP contribution in [0.3, 0.4) is 0 Å². The standard InChI is InChI=1S/C54H54Cl2N6O10/c1-29-35(27-71-49-15-47(69-25-33-11-37(19-57-17-33)45-23-59-45)39(13-43(49)55)21-61-51(31(3)63)53(65)66)7-5-9-41(29)42-10-6-8-36(30(42)2)28-72-50-16-48(70-26-34-12-38(20-58-18-34)46-24-60-46)40(14-44(50)56)22-62-52(32(4)64)54(67)68/h5-20,31-32,51-52,61-64H,21-28H2,1-4H3,(H,65,66)(H,67,68)/t31-,32-,51+,52+/m1/s1. The molecular formula is C54H54Cl2N6O10. The van der Waals surface area contributed by atoms with Gasteiger partial charge in [0.25, 0.3) is 0 Å². The molecule has 0 bridgehead atoms. The van der Waals surface area contributed by atoms with Crippen LogP contribution in [0.5, 0.6) is 23.0 Å². The molecular weight excluding hydrogens is 964 g/mol. The molecule has 8 rings (SSSR count). The van der Waals surface area contributed by atoms with Crippen molar-refractivity contribution in [2.45, 2.75) is 91.5 Å². The van der Waals surface area contributed by atoms with E-state index in [0.717, 1.165) is 67.1 Å². The summed E-state index contributed by atoms with van der Waals surface area (Å²) < 4.78 is 25.4. The number of aliphatic carboxylic acids is 2. The highest BCUT2D eigenvalue weighted by molar-refractivity contribution is 6.32. The SMILES string of the molecule is Cc1c(COc2cc(OCc3cncc(C4=NC4)c3)c(CN[C@H](C(=O)O)[C@@H](C)O)cc2Cl)cccc1-c1cccc(COc2cc(OCc3cncc(C4=NC4)c3)c(CN[C@H](C(=O)O)[C@@H](C)O)cc2Cl)c1C. The minimum atomic E-state index is -1.22. The topological polar surface area (TPSA) is 227 Å². The molecule has 0 unspecified atom stereocenters. The summed E-state index contributed by atoms with van der Waals surface area (Å²) in [4.78, 5) is 40.9. The number of hydrogen-bond donors (Lipinski definition) is 6.